The number of hydrogen-bond donors (Lipinski definition) is 3. The normalized spacial score (nSPS) is 11.3. The van der Waals surface area contributed by atoms with Crippen molar-refractivity contribution in [3.63, 3.8) is 0 Å². The van der Waals surface area contributed by atoms with Gasteiger partial charge in [0.15, 0.2) is 0 Å². The van der Waals surface area contributed by atoms with Gasteiger partial charge in [0.25, 0.3) is 5.91 Å². The predicted molar refractivity (Wildman–Crippen MR) is 144 cm³/mol. The van der Waals surface area contributed by atoms with Crippen molar-refractivity contribution in [3.8, 4) is 21.0 Å². The van der Waals surface area contributed by atoms with E-state index in [0.29, 0.717) is 12.1 Å². The molecule has 0 radical (unpaired) electrons. The fourth-order valence-electron chi connectivity index (χ4n) is 3.19. The Balaban J connectivity index is 1.57. The molecule has 0 aliphatic rings. The van der Waals surface area contributed by atoms with Crippen molar-refractivity contribution in [2.45, 2.75) is 37.8 Å². The lowest BCUT2D eigenvalue weighted by molar-refractivity contribution is 0.0950. The molecule has 180 valence electrons. The molecule has 0 aliphatic carbocycles. The van der Waals surface area contributed by atoms with Gasteiger partial charge in [-0.05, 0) is 68.6 Å². The summed E-state index contributed by atoms with van der Waals surface area (Å²) >= 11 is 3.26. The lowest BCUT2D eigenvalue weighted by atomic mass is 10.1. The molecule has 1 amide bonds. The Morgan fingerprint density at radius 3 is 2.46 bits per heavy atom. The van der Waals surface area contributed by atoms with Crippen LogP contribution in [0.4, 0.5) is 5.69 Å². The maximum absolute atomic E-state index is 12.4. The third-order valence-electron chi connectivity index (χ3n) is 4.98. The van der Waals surface area contributed by atoms with Crippen LogP contribution in [0.5, 0.6) is 0 Å². The zero-order valence-corrected chi connectivity index (χ0v) is 21.8. The molecule has 2 heterocycles. The summed E-state index contributed by atoms with van der Waals surface area (Å²) in [5.74, 6) is -0.201. The van der Waals surface area contributed by atoms with Gasteiger partial charge in [0.05, 0.1) is 10.4 Å². The maximum atomic E-state index is 12.4. The number of hydrogen-bond acceptors (Lipinski definition) is 8. The van der Waals surface area contributed by atoms with Crippen molar-refractivity contribution in [1.29, 1.82) is 0 Å². The second-order valence-electron chi connectivity index (χ2n) is 8.95. The van der Waals surface area contributed by atoms with Gasteiger partial charge in [0.2, 0.25) is 0 Å². The fraction of sp³-hybridized carbons (Fsp3) is 0.231. The van der Waals surface area contributed by atoms with Crippen molar-refractivity contribution in [2.75, 3.05) is 12.4 Å². The molecule has 0 aliphatic heterocycles. The molecule has 2 aromatic carbocycles. The first kappa shape index (κ1) is 24.8. The third-order valence-corrected chi connectivity index (χ3v) is 7.33. The highest BCUT2D eigenvalue weighted by atomic mass is 32.2. The smallest absolute Gasteiger partial charge is 0.254 e. The molecular weight excluding hydrogens is 476 g/mol. The number of carbonyl (C=O) groups is 1. The summed E-state index contributed by atoms with van der Waals surface area (Å²) in [7, 11) is 1.91. The highest BCUT2D eigenvalue weighted by molar-refractivity contribution is 7.97. The molecule has 0 spiro atoms. The predicted octanol–water partition coefficient (Wildman–Crippen LogP) is 5.63. The van der Waals surface area contributed by atoms with E-state index < -0.39 is 0 Å². The molecule has 0 fully saturated rings. The summed E-state index contributed by atoms with van der Waals surface area (Å²) < 4.78 is 3.51. The van der Waals surface area contributed by atoms with Crippen LogP contribution in [0.1, 0.15) is 36.7 Å². The van der Waals surface area contributed by atoms with E-state index in [9.17, 15) is 4.79 Å². The van der Waals surface area contributed by atoms with Gasteiger partial charge in [-0.1, -0.05) is 12.1 Å². The van der Waals surface area contributed by atoms with E-state index in [1.165, 1.54) is 18.7 Å². The first-order valence-corrected chi connectivity index (χ1v) is 12.8. The van der Waals surface area contributed by atoms with Gasteiger partial charge < -0.3 is 10.6 Å². The standard InChI is InChI=1S/C26H28N6OS2/c1-26(2,3)32-35-22-11-17(12-30-24(33)19-13-28-16-29-14-19)5-10-21(22)23-15-31-25(34-23)18-6-8-20(27-4)9-7-18/h5-11,13-16,27,32H,12H2,1-4H3,(H,30,33). The number of nitrogens with zero attached hydrogens (tertiary/aromatic N) is 3. The van der Waals surface area contributed by atoms with Gasteiger partial charge in [0, 0.05) is 59.4 Å². The molecular formula is C26H28N6OS2. The number of benzene rings is 2. The fourth-order valence-corrected chi connectivity index (χ4v) is 5.13. The highest BCUT2D eigenvalue weighted by Gasteiger charge is 2.16. The zero-order valence-electron chi connectivity index (χ0n) is 20.1. The van der Waals surface area contributed by atoms with Crippen LogP contribution < -0.4 is 15.4 Å². The van der Waals surface area contributed by atoms with Gasteiger partial charge in [0.1, 0.15) is 11.3 Å². The van der Waals surface area contributed by atoms with E-state index in [1.54, 1.807) is 23.3 Å². The number of carbonyl (C=O) groups excluding carboxylic acids is 1. The van der Waals surface area contributed by atoms with Crippen LogP contribution in [0.25, 0.3) is 21.0 Å². The molecule has 0 bridgehead atoms. The highest BCUT2D eigenvalue weighted by Crippen LogP contribution is 2.38. The summed E-state index contributed by atoms with van der Waals surface area (Å²) in [5.41, 5.74) is 4.64. The van der Waals surface area contributed by atoms with Gasteiger partial charge in [-0.15, -0.1) is 11.3 Å². The molecule has 0 saturated carbocycles. The van der Waals surface area contributed by atoms with Crippen LogP contribution in [-0.2, 0) is 6.54 Å². The average molecular weight is 505 g/mol. The molecule has 2 aromatic heterocycles. The minimum Gasteiger partial charge on any atom is -0.388 e. The number of thiazole rings is 1. The Hall–Kier alpha value is -3.27. The second-order valence-corrected chi connectivity index (χ2v) is 10.8. The van der Waals surface area contributed by atoms with Gasteiger partial charge in [-0.25, -0.2) is 15.0 Å². The molecule has 9 heteroatoms. The van der Waals surface area contributed by atoms with Crippen LogP contribution in [0.15, 0.2) is 72.3 Å². The van der Waals surface area contributed by atoms with E-state index in [-0.39, 0.29) is 11.4 Å². The van der Waals surface area contributed by atoms with Crippen molar-refractivity contribution in [1.82, 2.24) is 25.0 Å². The van der Waals surface area contributed by atoms with Crippen molar-refractivity contribution in [3.05, 3.63) is 78.5 Å². The number of amides is 1. The number of rotatable bonds is 8. The third kappa shape index (κ3) is 6.66. The molecule has 4 aromatic rings. The van der Waals surface area contributed by atoms with E-state index in [2.05, 4.69) is 87.5 Å². The van der Waals surface area contributed by atoms with Crippen LogP contribution in [-0.4, -0.2) is 33.4 Å². The van der Waals surface area contributed by atoms with Crippen LogP contribution in [0, 0.1) is 0 Å². The first-order valence-electron chi connectivity index (χ1n) is 11.2. The first-order chi connectivity index (χ1) is 16.8. The monoisotopic (exact) mass is 504 g/mol. The molecule has 7 nitrogen and oxygen atoms in total. The van der Waals surface area contributed by atoms with Crippen LogP contribution in [0.2, 0.25) is 0 Å². The van der Waals surface area contributed by atoms with Gasteiger partial charge in [-0.2, -0.15) is 0 Å². The molecule has 0 saturated heterocycles. The van der Waals surface area contributed by atoms with Crippen molar-refractivity contribution >= 4 is 34.9 Å². The largest absolute Gasteiger partial charge is 0.388 e. The average Bonchev–Trinajstić information content (AvgIpc) is 3.36. The quantitative estimate of drug-likeness (QED) is 0.268. The Labute approximate surface area is 214 Å². The number of nitrogens with one attached hydrogen (secondary N) is 3. The molecule has 0 unspecified atom stereocenters. The number of aromatic nitrogens is 3. The molecule has 4 rings (SSSR count). The van der Waals surface area contributed by atoms with Crippen LogP contribution >= 0.6 is 23.3 Å². The number of anilines is 1. The summed E-state index contributed by atoms with van der Waals surface area (Å²) in [6.07, 6.45) is 6.35. The topological polar surface area (TPSA) is 91.8 Å². The summed E-state index contributed by atoms with van der Waals surface area (Å²) in [6, 6.07) is 14.5. The molecule has 0 atom stereocenters. The van der Waals surface area contributed by atoms with Gasteiger partial charge in [-0.3, -0.25) is 9.52 Å². The Morgan fingerprint density at radius 2 is 1.77 bits per heavy atom. The summed E-state index contributed by atoms with van der Waals surface area (Å²) in [6.45, 7) is 6.80. The van der Waals surface area contributed by atoms with Crippen molar-refractivity contribution in [2.24, 2.45) is 0 Å². The molecule has 35 heavy (non-hydrogen) atoms. The van der Waals surface area contributed by atoms with E-state index in [4.69, 9.17) is 0 Å². The second kappa shape index (κ2) is 11.0. The Morgan fingerprint density at radius 1 is 1.03 bits per heavy atom. The van der Waals surface area contributed by atoms with Gasteiger partial charge >= 0.3 is 0 Å². The minimum absolute atomic E-state index is 0.0621. The van der Waals surface area contributed by atoms with Crippen molar-refractivity contribution < 1.29 is 4.79 Å². The lowest BCUT2D eigenvalue weighted by Gasteiger charge is -2.21. The summed E-state index contributed by atoms with van der Waals surface area (Å²) in [5, 5.41) is 7.06. The lowest BCUT2D eigenvalue weighted by Crippen LogP contribution is -2.29. The van der Waals surface area contributed by atoms with Crippen LogP contribution in [0.3, 0.4) is 0 Å². The minimum atomic E-state index is -0.201. The summed E-state index contributed by atoms with van der Waals surface area (Å²) in [4.78, 5) is 27.1. The molecule has 3 N–H and O–H groups in total. The van der Waals surface area contributed by atoms with E-state index in [0.717, 1.165) is 37.2 Å². The Kier molecular flexibility index (Phi) is 7.80. The Bertz CT molecular complexity index is 1280. The SMILES string of the molecule is CNc1ccc(-c2ncc(-c3ccc(CNC(=O)c4cncnc4)cc3SNC(C)(C)C)s2)cc1. The van der Waals surface area contributed by atoms with E-state index >= 15 is 0 Å². The maximum Gasteiger partial charge on any atom is 0.254 e. The zero-order chi connectivity index (χ0) is 24.8. The van der Waals surface area contributed by atoms with E-state index in [1.807, 2.05) is 19.3 Å².